The van der Waals surface area contributed by atoms with Gasteiger partial charge in [-0.2, -0.15) is 0 Å². The first-order chi connectivity index (χ1) is 9.75. The smallest absolute Gasteiger partial charge is 0.251 e. The lowest BCUT2D eigenvalue weighted by molar-refractivity contribution is 0.0952. The van der Waals surface area contributed by atoms with Crippen LogP contribution in [0, 0.1) is 0 Å². The van der Waals surface area contributed by atoms with E-state index in [9.17, 15) is 13.2 Å². The van der Waals surface area contributed by atoms with E-state index in [-0.39, 0.29) is 5.91 Å². The molecule has 0 spiro atoms. The first kappa shape index (κ1) is 18.4. The summed E-state index contributed by atoms with van der Waals surface area (Å²) in [6, 6.07) is 4.92. The van der Waals surface area contributed by atoms with E-state index in [0.717, 1.165) is 0 Å². The Balaban J connectivity index is 2.45. The van der Waals surface area contributed by atoms with Gasteiger partial charge in [0.25, 0.3) is 5.91 Å². The van der Waals surface area contributed by atoms with E-state index in [1.54, 1.807) is 25.1 Å². The predicted molar refractivity (Wildman–Crippen MR) is 88.2 cm³/mol. The lowest BCUT2D eigenvalue weighted by atomic mass is 10.2. The number of hydrogen-bond donors (Lipinski definition) is 1. The first-order valence-electron chi connectivity index (χ1n) is 6.44. The predicted octanol–water partition coefficient (Wildman–Crippen LogP) is 2.50. The van der Waals surface area contributed by atoms with Crippen molar-refractivity contribution >= 4 is 43.5 Å². The molecule has 0 atom stereocenters. The Morgan fingerprint density at radius 2 is 2.10 bits per heavy atom. The fourth-order valence-corrected chi connectivity index (χ4v) is 3.18. The normalized spacial score (nSPS) is 11.7. The molecule has 0 aromatic heterocycles. The molecular weight excluding hydrogens is 380 g/mol. The minimum absolute atomic E-state index is 0.213. The third kappa shape index (κ3) is 5.94. The van der Waals surface area contributed by atoms with Crippen LogP contribution in [0.2, 0.25) is 5.02 Å². The second-order valence-corrected chi connectivity index (χ2v) is 7.74. The first-order valence-corrected chi connectivity index (χ1v) is 9.46. The Kier molecular flexibility index (Phi) is 7.12. The number of sulfonamides is 1. The molecule has 0 heterocycles. The number of carbonyl (C=O) groups excluding carboxylic acids is 1. The molecule has 1 rings (SSSR count). The molecule has 0 saturated heterocycles. The van der Waals surface area contributed by atoms with Crippen LogP contribution in [-0.4, -0.2) is 44.5 Å². The van der Waals surface area contributed by atoms with Crippen molar-refractivity contribution in [3.8, 4) is 0 Å². The number of halogens is 2. The molecule has 118 valence electrons. The number of benzene rings is 1. The minimum Gasteiger partial charge on any atom is -0.352 e. The van der Waals surface area contributed by atoms with E-state index >= 15 is 0 Å². The molecule has 0 saturated carbocycles. The van der Waals surface area contributed by atoms with E-state index in [0.29, 0.717) is 41.1 Å². The summed E-state index contributed by atoms with van der Waals surface area (Å²) >= 11 is 9.13. The van der Waals surface area contributed by atoms with Crippen molar-refractivity contribution in [3.63, 3.8) is 0 Å². The summed E-state index contributed by atoms with van der Waals surface area (Å²) in [5.74, 6) is -0.213. The monoisotopic (exact) mass is 396 g/mol. The fourth-order valence-electron chi connectivity index (χ4n) is 1.76. The highest BCUT2D eigenvalue weighted by atomic mass is 79.9. The van der Waals surface area contributed by atoms with Crippen LogP contribution in [0.4, 0.5) is 0 Å². The topological polar surface area (TPSA) is 66.5 Å². The molecule has 21 heavy (non-hydrogen) atoms. The van der Waals surface area contributed by atoms with Crippen molar-refractivity contribution in [2.24, 2.45) is 0 Å². The summed E-state index contributed by atoms with van der Waals surface area (Å²) in [7, 11) is -3.18. The molecule has 0 aliphatic rings. The zero-order chi connectivity index (χ0) is 16.0. The molecule has 0 bridgehead atoms. The molecule has 0 unspecified atom stereocenters. The zero-order valence-corrected chi connectivity index (χ0v) is 15.1. The number of hydrogen-bond acceptors (Lipinski definition) is 3. The van der Waals surface area contributed by atoms with Gasteiger partial charge in [0.1, 0.15) is 0 Å². The molecule has 8 heteroatoms. The van der Waals surface area contributed by atoms with Gasteiger partial charge in [-0.1, -0.05) is 18.5 Å². The Labute approximate surface area is 138 Å². The van der Waals surface area contributed by atoms with Crippen molar-refractivity contribution in [2.75, 3.05) is 25.9 Å². The van der Waals surface area contributed by atoms with Gasteiger partial charge in [-0.25, -0.2) is 12.7 Å². The molecular formula is C13H18BrClN2O3S. The number of nitrogens with one attached hydrogen (secondary N) is 1. The quantitative estimate of drug-likeness (QED) is 0.719. The highest BCUT2D eigenvalue weighted by Gasteiger charge is 2.13. The van der Waals surface area contributed by atoms with Crippen LogP contribution in [0.3, 0.4) is 0 Å². The Morgan fingerprint density at radius 3 is 2.62 bits per heavy atom. The van der Waals surface area contributed by atoms with E-state index in [1.165, 1.54) is 10.6 Å². The van der Waals surface area contributed by atoms with Crippen LogP contribution in [0.5, 0.6) is 0 Å². The van der Waals surface area contributed by atoms with E-state index in [1.807, 2.05) is 0 Å². The molecule has 1 N–H and O–H groups in total. The van der Waals surface area contributed by atoms with Gasteiger partial charge in [-0.15, -0.1) is 0 Å². The summed E-state index contributed by atoms with van der Waals surface area (Å²) in [6.45, 7) is 3.01. The second-order valence-electron chi connectivity index (χ2n) is 4.49. The lowest BCUT2D eigenvalue weighted by Gasteiger charge is -2.17. The second kappa shape index (κ2) is 8.12. The number of rotatable bonds is 7. The van der Waals surface area contributed by atoms with Crippen molar-refractivity contribution < 1.29 is 13.2 Å². The lowest BCUT2D eigenvalue weighted by Crippen LogP contribution is -2.33. The summed E-state index contributed by atoms with van der Waals surface area (Å²) in [5.41, 5.74) is 0.502. The number of carbonyl (C=O) groups is 1. The SMILES string of the molecule is CCN(CCCNC(=O)c1ccc(Cl)c(Br)c1)S(C)(=O)=O. The number of nitrogens with zero attached hydrogens (tertiary/aromatic N) is 1. The van der Waals surface area contributed by atoms with Crippen LogP contribution in [0.15, 0.2) is 22.7 Å². The minimum atomic E-state index is -3.18. The maximum absolute atomic E-state index is 11.9. The molecule has 1 aromatic carbocycles. The van der Waals surface area contributed by atoms with E-state index < -0.39 is 10.0 Å². The fraction of sp³-hybridized carbons (Fsp3) is 0.462. The van der Waals surface area contributed by atoms with Crippen molar-refractivity contribution in [1.29, 1.82) is 0 Å². The van der Waals surface area contributed by atoms with Gasteiger partial charge in [0, 0.05) is 29.7 Å². The Morgan fingerprint density at radius 1 is 1.43 bits per heavy atom. The van der Waals surface area contributed by atoms with Gasteiger partial charge in [0.2, 0.25) is 10.0 Å². The maximum atomic E-state index is 11.9. The maximum Gasteiger partial charge on any atom is 0.251 e. The van der Waals surface area contributed by atoms with Gasteiger partial charge >= 0.3 is 0 Å². The molecule has 0 aliphatic carbocycles. The van der Waals surface area contributed by atoms with Crippen LogP contribution in [0.1, 0.15) is 23.7 Å². The average Bonchev–Trinajstić information content (AvgIpc) is 2.40. The van der Waals surface area contributed by atoms with Crippen molar-refractivity contribution in [3.05, 3.63) is 33.3 Å². The Bertz CT molecular complexity index is 607. The average molecular weight is 398 g/mol. The van der Waals surface area contributed by atoms with E-state index in [4.69, 9.17) is 11.6 Å². The van der Waals surface area contributed by atoms with Crippen LogP contribution in [-0.2, 0) is 10.0 Å². The van der Waals surface area contributed by atoms with Crippen molar-refractivity contribution in [2.45, 2.75) is 13.3 Å². The summed E-state index contributed by atoms with van der Waals surface area (Å²) in [4.78, 5) is 11.9. The van der Waals surface area contributed by atoms with Gasteiger partial charge < -0.3 is 5.32 Å². The Hall–Kier alpha value is -0.630. The third-order valence-corrected chi connectivity index (χ3v) is 5.47. The highest BCUT2D eigenvalue weighted by molar-refractivity contribution is 9.10. The van der Waals surface area contributed by atoms with E-state index in [2.05, 4.69) is 21.2 Å². The molecule has 1 aromatic rings. The zero-order valence-electron chi connectivity index (χ0n) is 11.9. The largest absolute Gasteiger partial charge is 0.352 e. The number of amides is 1. The van der Waals surface area contributed by atoms with Gasteiger partial charge in [0.15, 0.2) is 0 Å². The van der Waals surface area contributed by atoms with Crippen LogP contribution < -0.4 is 5.32 Å². The standard InChI is InChI=1S/C13H18BrClN2O3S/c1-3-17(21(2,19)20)8-4-7-16-13(18)10-5-6-12(15)11(14)9-10/h5-6,9H,3-4,7-8H2,1-2H3,(H,16,18). The van der Waals surface area contributed by atoms with Crippen LogP contribution >= 0.6 is 27.5 Å². The highest BCUT2D eigenvalue weighted by Crippen LogP contribution is 2.23. The molecule has 0 aliphatic heterocycles. The molecule has 0 fully saturated rings. The van der Waals surface area contributed by atoms with Gasteiger partial charge in [-0.05, 0) is 40.5 Å². The van der Waals surface area contributed by atoms with Crippen molar-refractivity contribution in [1.82, 2.24) is 9.62 Å². The molecule has 1 amide bonds. The molecule has 0 radical (unpaired) electrons. The summed E-state index contributed by atoms with van der Waals surface area (Å²) < 4.78 is 24.8. The molecule has 5 nitrogen and oxygen atoms in total. The van der Waals surface area contributed by atoms with Crippen LogP contribution in [0.25, 0.3) is 0 Å². The summed E-state index contributed by atoms with van der Waals surface area (Å²) in [6.07, 6.45) is 1.74. The summed E-state index contributed by atoms with van der Waals surface area (Å²) in [5, 5.41) is 3.29. The van der Waals surface area contributed by atoms with Gasteiger partial charge in [-0.3, -0.25) is 4.79 Å². The third-order valence-electron chi connectivity index (χ3n) is 2.87. The van der Waals surface area contributed by atoms with Gasteiger partial charge in [0.05, 0.1) is 11.3 Å².